The molecule has 0 aliphatic heterocycles. The van der Waals surface area contributed by atoms with E-state index in [2.05, 4.69) is 58.7 Å². The minimum Gasteiger partial charge on any atom is -0.370 e. The summed E-state index contributed by atoms with van der Waals surface area (Å²) in [4.78, 5) is 8.70. The van der Waals surface area contributed by atoms with Crippen LogP contribution in [0.4, 0.5) is 11.6 Å². The summed E-state index contributed by atoms with van der Waals surface area (Å²) in [5.74, 6) is 1.87. The van der Waals surface area contributed by atoms with Crippen molar-refractivity contribution in [2.75, 3.05) is 17.2 Å². The molecule has 21 heavy (non-hydrogen) atoms. The topological polar surface area (TPSA) is 49.8 Å². The zero-order chi connectivity index (χ0) is 14.7. The van der Waals surface area contributed by atoms with Crippen LogP contribution in [0.25, 0.3) is 0 Å². The summed E-state index contributed by atoms with van der Waals surface area (Å²) in [5, 5.41) is 6.88. The fourth-order valence-corrected chi connectivity index (χ4v) is 2.96. The van der Waals surface area contributed by atoms with E-state index in [0.29, 0.717) is 6.04 Å². The molecule has 1 aromatic carbocycles. The van der Waals surface area contributed by atoms with Crippen molar-refractivity contribution in [2.24, 2.45) is 0 Å². The largest absolute Gasteiger partial charge is 0.370 e. The van der Waals surface area contributed by atoms with Crippen LogP contribution in [-0.2, 0) is 12.8 Å². The quantitative estimate of drug-likeness (QED) is 0.904. The average Bonchev–Trinajstić information content (AvgIpc) is 2.51. The van der Waals surface area contributed by atoms with E-state index in [9.17, 15) is 0 Å². The lowest BCUT2D eigenvalue weighted by atomic mass is 9.88. The first-order valence-electron chi connectivity index (χ1n) is 7.66. The Morgan fingerprint density at radius 1 is 1.14 bits per heavy atom. The summed E-state index contributed by atoms with van der Waals surface area (Å²) < 4.78 is 0. The van der Waals surface area contributed by atoms with Crippen molar-refractivity contribution in [2.45, 2.75) is 39.2 Å². The van der Waals surface area contributed by atoms with Crippen molar-refractivity contribution in [1.82, 2.24) is 9.97 Å². The van der Waals surface area contributed by atoms with Gasteiger partial charge in [0.15, 0.2) is 0 Å². The Hall–Kier alpha value is -2.10. The number of hydrogen-bond acceptors (Lipinski definition) is 4. The number of benzene rings is 1. The van der Waals surface area contributed by atoms with Crippen LogP contribution in [0.15, 0.2) is 30.6 Å². The molecule has 1 heterocycles. The van der Waals surface area contributed by atoms with E-state index < -0.39 is 0 Å². The van der Waals surface area contributed by atoms with E-state index in [4.69, 9.17) is 0 Å². The Bertz CT molecular complexity index is 624. The lowest BCUT2D eigenvalue weighted by molar-refractivity contribution is 0.608. The van der Waals surface area contributed by atoms with E-state index in [1.807, 2.05) is 0 Å². The predicted octanol–water partition coefficient (Wildman–Crippen LogP) is 3.19. The first-order valence-corrected chi connectivity index (χ1v) is 7.66. The minimum atomic E-state index is 0.447. The highest BCUT2D eigenvalue weighted by Crippen LogP contribution is 2.25. The van der Waals surface area contributed by atoms with Gasteiger partial charge in [0.05, 0.1) is 0 Å². The third-order valence-corrected chi connectivity index (χ3v) is 4.12. The van der Waals surface area contributed by atoms with Gasteiger partial charge in [0, 0.05) is 18.2 Å². The maximum absolute atomic E-state index is 4.41. The van der Waals surface area contributed by atoms with Gasteiger partial charge in [-0.2, -0.15) is 0 Å². The van der Waals surface area contributed by atoms with E-state index in [1.54, 1.807) is 6.33 Å². The highest BCUT2D eigenvalue weighted by atomic mass is 15.1. The molecule has 0 saturated carbocycles. The highest BCUT2D eigenvalue weighted by molar-refractivity contribution is 5.57. The zero-order valence-corrected chi connectivity index (χ0v) is 12.7. The van der Waals surface area contributed by atoms with Gasteiger partial charge in [-0.1, -0.05) is 24.3 Å². The van der Waals surface area contributed by atoms with Crippen LogP contribution in [-0.4, -0.2) is 22.6 Å². The lowest BCUT2D eigenvalue weighted by Crippen LogP contribution is -2.28. The standard InChI is InChI=1S/C17H22N4/c1-3-18-16-12(2)17(20-11-19-16)21-15-9-8-13-6-4-5-7-14(13)10-15/h4-7,11,15H,3,8-10H2,1-2H3,(H2,18,19,20,21). The molecule has 0 radical (unpaired) electrons. The first-order chi connectivity index (χ1) is 10.3. The Kier molecular flexibility index (Phi) is 4.04. The maximum Gasteiger partial charge on any atom is 0.134 e. The van der Waals surface area contributed by atoms with Crippen LogP contribution < -0.4 is 10.6 Å². The number of rotatable bonds is 4. The summed E-state index contributed by atoms with van der Waals surface area (Å²) in [6, 6.07) is 9.18. The first kappa shape index (κ1) is 13.9. The average molecular weight is 282 g/mol. The van der Waals surface area contributed by atoms with E-state index in [-0.39, 0.29) is 0 Å². The van der Waals surface area contributed by atoms with Gasteiger partial charge in [0.25, 0.3) is 0 Å². The second-order valence-electron chi connectivity index (χ2n) is 5.58. The van der Waals surface area contributed by atoms with Gasteiger partial charge in [-0.15, -0.1) is 0 Å². The van der Waals surface area contributed by atoms with E-state index >= 15 is 0 Å². The number of anilines is 2. The molecule has 4 heteroatoms. The SMILES string of the molecule is CCNc1ncnc(NC2CCc3ccccc3C2)c1C. The normalized spacial score (nSPS) is 17.1. The summed E-state index contributed by atoms with van der Waals surface area (Å²) in [7, 11) is 0. The van der Waals surface area contributed by atoms with Gasteiger partial charge in [-0.05, 0) is 44.2 Å². The smallest absolute Gasteiger partial charge is 0.134 e. The van der Waals surface area contributed by atoms with E-state index in [1.165, 1.54) is 11.1 Å². The number of hydrogen-bond donors (Lipinski definition) is 2. The van der Waals surface area contributed by atoms with Crippen molar-refractivity contribution < 1.29 is 0 Å². The monoisotopic (exact) mass is 282 g/mol. The summed E-state index contributed by atoms with van der Waals surface area (Å²) >= 11 is 0. The molecule has 1 atom stereocenters. The number of aromatic nitrogens is 2. The molecule has 2 aromatic rings. The van der Waals surface area contributed by atoms with Crippen LogP contribution in [0.5, 0.6) is 0 Å². The molecule has 2 N–H and O–H groups in total. The van der Waals surface area contributed by atoms with Gasteiger partial charge in [0.2, 0.25) is 0 Å². The number of fused-ring (bicyclic) bond motifs is 1. The van der Waals surface area contributed by atoms with Crippen LogP contribution in [0.3, 0.4) is 0 Å². The molecule has 0 saturated heterocycles. The fraction of sp³-hybridized carbons (Fsp3) is 0.412. The molecular formula is C17H22N4. The fourth-order valence-electron chi connectivity index (χ4n) is 2.96. The van der Waals surface area contributed by atoms with Crippen molar-refractivity contribution in [1.29, 1.82) is 0 Å². The van der Waals surface area contributed by atoms with Gasteiger partial charge >= 0.3 is 0 Å². The summed E-state index contributed by atoms with van der Waals surface area (Å²) in [6.45, 7) is 5.01. The molecule has 1 aromatic heterocycles. The van der Waals surface area contributed by atoms with Crippen molar-refractivity contribution >= 4 is 11.6 Å². The number of nitrogens with zero attached hydrogens (tertiary/aromatic N) is 2. The van der Waals surface area contributed by atoms with Crippen molar-refractivity contribution in [3.8, 4) is 0 Å². The number of aryl methyl sites for hydroxylation is 1. The molecule has 3 rings (SSSR count). The van der Waals surface area contributed by atoms with E-state index in [0.717, 1.165) is 43.0 Å². The third-order valence-electron chi connectivity index (χ3n) is 4.12. The Morgan fingerprint density at radius 3 is 2.71 bits per heavy atom. The summed E-state index contributed by atoms with van der Waals surface area (Å²) in [5.41, 5.74) is 4.04. The molecule has 1 aliphatic carbocycles. The van der Waals surface area contributed by atoms with Crippen LogP contribution in [0, 0.1) is 6.92 Å². The Morgan fingerprint density at radius 2 is 1.90 bits per heavy atom. The number of nitrogens with one attached hydrogen (secondary N) is 2. The molecule has 1 unspecified atom stereocenters. The Balaban J connectivity index is 1.75. The maximum atomic E-state index is 4.41. The molecule has 0 spiro atoms. The zero-order valence-electron chi connectivity index (χ0n) is 12.7. The van der Waals surface area contributed by atoms with Crippen molar-refractivity contribution in [3.63, 3.8) is 0 Å². The molecule has 4 nitrogen and oxygen atoms in total. The molecule has 0 amide bonds. The van der Waals surface area contributed by atoms with Gasteiger partial charge in [0.1, 0.15) is 18.0 Å². The van der Waals surface area contributed by atoms with Crippen LogP contribution in [0.1, 0.15) is 30.0 Å². The van der Waals surface area contributed by atoms with Gasteiger partial charge in [-0.3, -0.25) is 0 Å². The predicted molar refractivity (Wildman–Crippen MR) is 86.8 cm³/mol. The van der Waals surface area contributed by atoms with Crippen LogP contribution in [0.2, 0.25) is 0 Å². The lowest BCUT2D eigenvalue weighted by Gasteiger charge is -2.26. The summed E-state index contributed by atoms with van der Waals surface area (Å²) in [6.07, 6.45) is 4.98. The molecule has 0 bridgehead atoms. The molecular weight excluding hydrogens is 260 g/mol. The molecule has 110 valence electrons. The molecule has 0 fully saturated rings. The highest BCUT2D eigenvalue weighted by Gasteiger charge is 2.19. The van der Waals surface area contributed by atoms with Gasteiger partial charge < -0.3 is 10.6 Å². The van der Waals surface area contributed by atoms with Crippen LogP contribution >= 0.6 is 0 Å². The van der Waals surface area contributed by atoms with Gasteiger partial charge in [-0.25, -0.2) is 9.97 Å². The Labute approximate surface area is 126 Å². The second-order valence-corrected chi connectivity index (χ2v) is 5.58. The second kappa shape index (κ2) is 6.12. The van der Waals surface area contributed by atoms with Crippen molar-refractivity contribution in [3.05, 3.63) is 47.3 Å². The minimum absolute atomic E-state index is 0.447. The molecule has 1 aliphatic rings. The third kappa shape index (κ3) is 2.99.